The Morgan fingerprint density at radius 3 is 2.57 bits per heavy atom. The lowest BCUT2D eigenvalue weighted by Crippen LogP contribution is -2.54. The van der Waals surface area contributed by atoms with E-state index in [-0.39, 0.29) is 5.78 Å². The molecule has 23 heavy (non-hydrogen) atoms. The molecule has 1 aliphatic heterocycles. The summed E-state index contributed by atoms with van der Waals surface area (Å²) in [4.78, 5) is 24.7. The van der Waals surface area contributed by atoms with Crippen molar-refractivity contribution in [3.05, 3.63) is 69.6 Å². The first-order chi connectivity index (χ1) is 11.0. The molecule has 0 saturated carbocycles. The van der Waals surface area contributed by atoms with Crippen LogP contribution in [0, 0.1) is 4.91 Å². The molecule has 0 aromatic heterocycles. The van der Waals surface area contributed by atoms with E-state index in [1.807, 2.05) is 12.1 Å². The maximum absolute atomic E-state index is 12.9. The highest BCUT2D eigenvalue weighted by Gasteiger charge is 2.71. The van der Waals surface area contributed by atoms with E-state index in [1.165, 1.54) is 0 Å². The zero-order valence-corrected chi connectivity index (χ0v) is 12.9. The SMILES string of the molecule is CC(C)c1ccc2c(c1)OC1(N=O)c3ccccc3C(=O)C21N. The predicted octanol–water partition coefficient (Wildman–Crippen LogP) is 3.17. The van der Waals surface area contributed by atoms with Crippen molar-refractivity contribution in [3.63, 3.8) is 0 Å². The van der Waals surface area contributed by atoms with Gasteiger partial charge >= 0.3 is 0 Å². The Labute approximate surface area is 133 Å². The number of fused-ring (bicyclic) bond motifs is 5. The van der Waals surface area contributed by atoms with Gasteiger partial charge in [-0.05, 0) is 22.7 Å². The second-order valence-electron chi connectivity index (χ2n) is 6.43. The number of carbonyl (C=O) groups is 1. The van der Waals surface area contributed by atoms with Gasteiger partial charge in [0.25, 0.3) is 5.72 Å². The number of nitroso groups, excluding NO2 is 1. The molecule has 0 bridgehead atoms. The lowest BCUT2D eigenvalue weighted by Gasteiger charge is -2.28. The number of hydrogen-bond acceptors (Lipinski definition) is 5. The van der Waals surface area contributed by atoms with Crippen LogP contribution >= 0.6 is 0 Å². The van der Waals surface area contributed by atoms with Crippen LogP contribution in [-0.4, -0.2) is 5.78 Å². The fourth-order valence-electron chi connectivity index (χ4n) is 3.60. The number of hydrogen-bond donors (Lipinski definition) is 1. The molecule has 2 N–H and O–H groups in total. The quantitative estimate of drug-likeness (QED) is 0.864. The summed E-state index contributed by atoms with van der Waals surface area (Å²) in [5.74, 6) is 0.422. The van der Waals surface area contributed by atoms with Crippen molar-refractivity contribution in [2.24, 2.45) is 10.9 Å². The number of Topliss-reactive ketones (excluding diaryl/α,β-unsaturated/α-hetero) is 1. The smallest absolute Gasteiger partial charge is 0.294 e. The molecule has 0 fully saturated rings. The van der Waals surface area contributed by atoms with Gasteiger partial charge in [-0.25, -0.2) is 0 Å². The van der Waals surface area contributed by atoms with Gasteiger partial charge in [0.15, 0.2) is 11.3 Å². The summed E-state index contributed by atoms with van der Waals surface area (Å²) in [5.41, 5.74) is 5.54. The predicted molar refractivity (Wildman–Crippen MR) is 85.3 cm³/mol. The van der Waals surface area contributed by atoms with Gasteiger partial charge in [0.05, 0.1) is 0 Å². The number of benzene rings is 2. The largest absolute Gasteiger partial charge is 0.455 e. The van der Waals surface area contributed by atoms with Crippen LogP contribution < -0.4 is 10.5 Å². The molecular formula is C18H16N2O3. The number of ketones is 1. The molecule has 1 aliphatic carbocycles. The van der Waals surface area contributed by atoms with E-state index >= 15 is 0 Å². The number of carbonyl (C=O) groups excluding carboxylic acids is 1. The number of nitrogens with two attached hydrogens (primary N) is 1. The van der Waals surface area contributed by atoms with E-state index in [0.717, 1.165) is 5.56 Å². The first-order valence-corrected chi connectivity index (χ1v) is 7.57. The molecular weight excluding hydrogens is 292 g/mol. The van der Waals surface area contributed by atoms with Gasteiger partial charge < -0.3 is 10.5 Å². The van der Waals surface area contributed by atoms with Crippen LogP contribution in [-0.2, 0) is 11.3 Å². The van der Waals surface area contributed by atoms with Crippen molar-refractivity contribution < 1.29 is 9.53 Å². The highest BCUT2D eigenvalue weighted by molar-refractivity contribution is 6.10. The summed E-state index contributed by atoms with van der Waals surface area (Å²) in [6.07, 6.45) is 0. The molecule has 0 saturated heterocycles. The molecule has 5 nitrogen and oxygen atoms in total. The van der Waals surface area contributed by atoms with Crippen LogP contribution in [0.2, 0.25) is 0 Å². The number of ether oxygens (including phenoxy) is 1. The first kappa shape index (κ1) is 14.1. The molecule has 0 amide bonds. The molecule has 2 unspecified atom stereocenters. The Morgan fingerprint density at radius 2 is 1.87 bits per heavy atom. The molecule has 0 radical (unpaired) electrons. The van der Waals surface area contributed by atoms with Crippen LogP contribution in [0.3, 0.4) is 0 Å². The minimum Gasteiger partial charge on any atom is -0.455 e. The van der Waals surface area contributed by atoms with Crippen LogP contribution in [0.15, 0.2) is 47.6 Å². The topological polar surface area (TPSA) is 81.8 Å². The Bertz CT molecular complexity index is 861. The molecule has 2 aliphatic rings. The summed E-state index contributed by atoms with van der Waals surface area (Å²) in [7, 11) is 0. The van der Waals surface area contributed by atoms with Crippen molar-refractivity contribution in [1.29, 1.82) is 0 Å². The van der Waals surface area contributed by atoms with Crippen molar-refractivity contribution in [2.75, 3.05) is 0 Å². The molecule has 5 heteroatoms. The van der Waals surface area contributed by atoms with E-state index < -0.39 is 11.3 Å². The lowest BCUT2D eigenvalue weighted by atomic mass is 9.82. The Hall–Kier alpha value is -2.53. The van der Waals surface area contributed by atoms with Crippen molar-refractivity contribution in [2.45, 2.75) is 31.0 Å². The lowest BCUT2D eigenvalue weighted by molar-refractivity contribution is 0.0328. The Balaban J connectivity index is 2.01. The van der Waals surface area contributed by atoms with Crippen molar-refractivity contribution in [3.8, 4) is 5.75 Å². The van der Waals surface area contributed by atoms with Gasteiger partial charge in [-0.1, -0.05) is 50.2 Å². The highest BCUT2D eigenvalue weighted by atomic mass is 16.5. The summed E-state index contributed by atoms with van der Waals surface area (Å²) in [6.45, 7) is 4.12. The molecule has 1 heterocycles. The minimum absolute atomic E-state index is 0.293. The summed E-state index contributed by atoms with van der Waals surface area (Å²) < 4.78 is 5.93. The zero-order chi connectivity index (χ0) is 16.4. The van der Waals surface area contributed by atoms with Gasteiger partial charge in [-0.15, -0.1) is 4.91 Å². The van der Waals surface area contributed by atoms with Gasteiger partial charge in [0.2, 0.25) is 0 Å². The monoisotopic (exact) mass is 308 g/mol. The second kappa shape index (κ2) is 4.26. The summed E-state index contributed by atoms with van der Waals surface area (Å²) in [6, 6.07) is 12.4. The van der Waals surface area contributed by atoms with E-state index in [2.05, 4.69) is 19.0 Å². The van der Waals surface area contributed by atoms with Gasteiger partial charge in [0.1, 0.15) is 5.75 Å². The third kappa shape index (κ3) is 1.43. The molecule has 2 aromatic carbocycles. The molecule has 116 valence electrons. The molecule has 2 aromatic rings. The van der Waals surface area contributed by atoms with Gasteiger partial charge in [-0.3, -0.25) is 4.79 Å². The highest BCUT2D eigenvalue weighted by Crippen LogP contribution is 2.58. The zero-order valence-electron chi connectivity index (χ0n) is 12.9. The molecule has 2 atom stereocenters. The third-order valence-corrected chi connectivity index (χ3v) is 4.91. The van der Waals surface area contributed by atoms with Crippen LogP contribution in [0.5, 0.6) is 5.75 Å². The number of nitrogens with zero attached hydrogens (tertiary/aromatic N) is 1. The normalized spacial score (nSPS) is 27.4. The molecule has 0 spiro atoms. The van der Waals surface area contributed by atoms with Gasteiger partial charge in [-0.2, -0.15) is 0 Å². The van der Waals surface area contributed by atoms with Crippen LogP contribution in [0.1, 0.15) is 46.8 Å². The van der Waals surface area contributed by atoms with Crippen LogP contribution in [0.25, 0.3) is 0 Å². The van der Waals surface area contributed by atoms with Gasteiger partial charge in [0, 0.05) is 16.7 Å². The van der Waals surface area contributed by atoms with E-state index in [4.69, 9.17) is 10.5 Å². The van der Waals surface area contributed by atoms with Crippen molar-refractivity contribution >= 4 is 5.78 Å². The van der Waals surface area contributed by atoms with E-state index in [0.29, 0.717) is 28.4 Å². The van der Waals surface area contributed by atoms with Crippen LogP contribution in [0.4, 0.5) is 0 Å². The van der Waals surface area contributed by atoms with Crippen molar-refractivity contribution in [1.82, 2.24) is 0 Å². The Kier molecular flexibility index (Phi) is 2.61. The maximum Gasteiger partial charge on any atom is 0.294 e. The molecule has 4 rings (SSSR count). The Morgan fingerprint density at radius 1 is 1.13 bits per heavy atom. The first-order valence-electron chi connectivity index (χ1n) is 7.57. The summed E-state index contributed by atoms with van der Waals surface area (Å²) >= 11 is 0. The summed E-state index contributed by atoms with van der Waals surface area (Å²) in [5, 5.41) is 3.22. The third-order valence-electron chi connectivity index (χ3n) is 4.91. The average molecular weight is 308 g/mol. The van der Waals surface area contributed by atoms with E-state index in [9.17, 15) is 9.70 Å². The average Bonchev–Trinajstić information content (AvgIpc) is 2.93. The van der Waals surface area contributed by atoms with E-state index in [1.54, 1.807) is 30.3 Å². The number of rotatable bonds is 2. The maximum atomic E-state index is 12.9. The second-order valence-corrected chi connectivity index (χ2v) is 6.43. The minimum atomic E-state index is -1.72. The fourth-order valence-corrected chi connectivity index (χ4v) is 3.60. The standard InChI is InChI=1S/C18H16N2O3/c1-10(2)11-7-8-14-15(9-11)23-18(20-22)13-6-4-3-5-12(13)16(21)17(14,18)19/h3-10H,19H2,1-2H3. The fraction of sp³-hybridized carbons (Fsp3) is 0.278.